The molecule has 1 unspecified atom stereocenters. The summed E-state index contributed by atoms with van der Waals surface area (Å²) in [6, 6.07) is 13.7. The fraction of sp³-hybridized carbons (Fsp3) is 0.412. The van der Waals surface area contributed by atoms with E-state index in [1.54, 1.807) is 0 Å². The zero-order chi connectivity index (χ0) is 13.9. The van der Waals surface area contributed by atoms with Crippen molar-refractivity contribution in [3.63, 3.8) is 0 Å². The summed E-state index contributed by atoms with van der Waals surface area (Å²) in [6.07, 6.45) is 2.39. The monoisotopic (exact) mass is 332 g/mol. The number of hydrogen-bond donors (Lipinski definition) is 1. The van der Waals surface area contributed by atoms with Gasteiger partial charge in [0.1, 0.15) is 0 Å². The predicted molar refractivity (Wildman–Crippen MR) is 90.6 cm³/mol. The quantitative estimate of drug-likeness (QED) is 0.887. The van der Waals surface area contributed by atoms with Crippen LogP contribution in [0.1, 0.15) is 19.8 Å². The minimum absolute atomic E-state index is 0.597. The molecule has 2 nitrogen and oxygen atoms in total. The van der Waals surface area contributed by atoms with Crippen LogP contribution in [0.3, 0.4) is 0 Å². The molecule has 1 N–H and O–H groups in total. The maximum atomic E-state index is 3.67. The third kappa shape index (κ3) is 2.70. The SMILES string of the molecule is CCC1CN(c2ccc(Br)c3ccccc23)CCCN1. The van der Waals surface area contributed by atoms with Crippen molar-refractivity contribution in [1.82, 2.24) is 5.32 Å². The molecule has 1 aliphatic heterocycles. The van der Waals surface area contributed by atoms with Crippen LogP contribution in [0, 0.1) is 0 Å². The second kappa shape index (κ2) is 6.15. The molecular weight excluding hydrogens is 312 g/mol. The van der Waals surface area contributed by atoms with E-state index in [-0.39, 0.29) is 0 Å². The van der Waals surface area contributed by atoms with Crippen molar-refractivity contribution in [1.29, 1.82) is 0 Å². The lowest BCUT2D eigenvalue weighted by Gasteiger charge is -2.27. The maximum absolute atomic E-state index is 3.67. The molecule has 1 heterocycles. The molecule has 0 amide bonds. The number of hydrogen-bond acceptors (Lipinski definition) is 2. The van der Waals surface area contributed by atoms with E-state index in [2.05, 4.69) is 69.5 Å². The van der Waals surface area contributed by atoms with E-state index in [4.69, 9.17) is 0 Å². The Morgan fingerprint density at radius 3 is 2.80 bits per heavy atom. The Kier molecular flexibility index (Phi) is 4.27. The molecule has 1 saturated heterocycles. The van der Waals surface area contributed by atoms with Crippen LogP contribution in [0.2, 0.25) is 0 Å². The smallest absolute Gasteiger partial charge is 0.0447 e. The summed E-state index contributed by atoms with van der Waals surface area (Å²) in [5.41, 5.74) is 1.37. The fourth-order valence-electron chi connectivity index (χ4n) is 3.01. The van der Waals surface area contributed by atoms with Gasteiger partial charge >= 0.3 is 0 Å². The number of fused-ring (bicyclic) bond motifs is 1. The molecule has 2 aromatic rings. The Labute approximate surface area is 129 Å². The lowest BCUT2D eigenvalue weighted by Crippen LogP contribution is -2.37. The van der Waals surface area contributed by atoms with Gasteiger partial charge < -0.3 is 10.2 Å². The summed E-state index contributed by atoms with van der Waals surface area (Å²) in [7, 11) is 0. The molecule has 2 aromatic carbocycles. The van der Waals surface area contributed by atoms with E-state index in [0.717, 1.165) is 19.6 Å². The van der Waals surface area contributed by atoms with E-state index < -0.39 is 0 Å². The summed E-state index contributed by atoms with van der Waals surface area (Å²) >= 11 is 3.67. The molecule has 0 aromatic heterocycles. The molecule has 20 heavy (non-hydrogen) atoms. The average molecular weight is 333 g/mol. The first kappa shape index (κ1) is 13.9. The summed E-state index contributed by atoms with van der Waals surface area (Å²) in [5.74, 6) is 0. The van der Waals surface area contributed by atoms with E-state index in [0.29, 0.717) is 6.04 Å². The Balaban J connectivity index is 2.02. The lowest BCUT2D eigenvalue weighted by atomic mass is 10.1. The standard InChI is InChI=1S/C17H21BrN2/c1-2-13-12-20(11-5-10-19-13)17-9-8-16(18)14-6-3-4-7-15(14)17/h3-4,6-9,13,19H,2,5,10-12H2,1H3. The molecular formula is C17H21BrN2. The van der Waals surface area contributed by atoms with Crippen molar-refractivity contribution >= 4 is 32.4 Å². The Morgan fingerprint density at radius 2 is 2.00 bits per heavy atom. The number of anilines is 1. The Bertz CT molecular complexity index is 597. The van der Waals surface area contributed by atoms with Gasteiger partial charge in [-0.1, -0.05) is 47.1 Å². The highest BCUT2D eigenvalue weighted by Gasteiger charge is 2.18. The molecule has 0 aliphatic carbocycles. The van der Waals surface area contributed by atoms with Crippen LogP contribution in [0.25, 0.3) is 10.8 Å². The first-order valence-electron chi connectivity index (χ1n) is 7.45. The van der Waals surface area contributed by atoms with Crippen LogP contribution in [0.5, 0.6) is 0 Å². The van der Waals surface area contributed by atoms with Crippen molar-refractivity contribution in [2.75, 3.05) is 24.5 Å². The summed E-state index contributed by atoms with van der Waals surface area (Å²) < 4.78 is 1.18. The van der Waals surface area contributed by atoms with Crippen molar-refractivity contribution in [3.8, 4) is 0 Å². The van der Waals surface area contributed by atoms with E-state index in [1.165, 1.54) is 33.8 Å². The minimum atomic E-state index is 0.597. The van der Waals surface area contributed by atoms with Crippen molar-refractivity contribution < 1.29 is 0 Å². The van der Waals surface area contributed by atoms with E-state index in [9.17, 15) is 0 Å². The lowest BCUT2D eigenvalue weighted by molar-refractivity contribution is 0.529. The summed E-state index contributed by atoms with van der Waals surface area (Å²) in [4.78, 5) is 2.54. The van der Waals surface area contributed by atoms with Gasteiger partial charge in [0.25, 0.3) is 0 Å². The third-order valence-corrected chi connectivity index (χ3v) is 4.85. The molecule has 1 atom stereocenters. The molecule has 3 rings (SSSR count). The van der Waals surface area contributed by atoms with Gasteiger partial charge in [-0.2, -0.15) is 0 Å². The topological polar surface area (TPSA) is 15.3 Å². The van der Waals surface area contributed by atoms with Crippen LogP contribution in [0.4, 0.5) is 5.69 Å². The predicted octanol–water partition coefficient (Wildman–Crippen LogP) is 4.18. The number of nitrogens with zero attached hydrogens (tertiary/aromatic N) is 1. The molecule has 106 valence electrons. The number of halogens is 1. The normalized spacial score (nSPS) is 20.1. The van der Waals surface area contributed by atoms with E-state index in [1.807, 2.05) is 0 Å². The van der Waals surface area contributed by atoms with Crippen LogP contribution in [-0.4, -0.2) is 25.7 Å². The highest BCUT2D eigenvalue weighted by Crippen LogP contribution is 2.32. The molecule has 0 bridgehead atoms. The fourth-order valence-corrected chi connectivity index (χ4v) is 3.49. The highest BCUT2D eigenvalue weighted by molar-refractivity contribution is 9.10. The van der Waals surface area contributed by atoms with Crippen LogP contribution in [-0.2, 0) is 0 Å². The molecule has 0 spiro atoms. The van der Waals surface area contributed by atoms with Crippen molar-refractivity contribution in [2.45, 2.75) is 25.8 Å². The Morgan fingerprint density at radius 1 is 1.20 bits per heavy atom. The molecule has 1 aliphatic rings. The highest BCUT2D eigenvalue weighted by atomic mass is 79.9. The van der Waals surface area contributed by atoms with Gasteiger partial charge in [-0.25, -0.2) is 0 Å². The molecule has 0 radical (unpaired) electrons. The van der Waals surface area contributed by atoms with Crippen molar-refractivity contribution in [2.24, 2.45) is 0 Å². The first-order valence-corrected chi connectivity index (χ1v) is 8.24. The third-order valence-electron chi connectivity index (χ3n) is 4.16. The van der Waals surface area contributed by atoms with Crippen LogP contribution >= 0.6 is 15.9 Å². The largest absolute Gasteiger partial charge is 0.369 e. The maximum Gasteiger partial charge on any atom is 0.0447 e. The average Bonchev–Trinajstić information content (AvgIpc) is 2.73. The van der Waals surface area contributed by atoms with Crippen LogP contribution < -0.4 is 10.2 Å². The molecule has 1 fully saturated rings. The zero-order valence-electron chi connectivity index (χ0n) is 11.9. The van der Waals surface area contributed by atoms with Crippen molar-refractivity contribution in [3.05, 3.63) is 40.9 Å². The first-order chi connectivity index (χ1) is 9.79. The van der Waals surface area contributed by atoms with Gasteiger partial charge in [0.15, 0.2) is 0 Å². The second-order valence-corrected chi connectivity index (χ2v) is 6.33. The van der Waals surface area contributed by atoms with Gasteiger partial charge in [-0.05, 0) is 36.9 Å². The summed E-state index contributed by atoms with van der Waals surface area (Å²) in [5, 5.41) is 6.29. The van der Waals surface area contributed by atoms with Gasteiger partial charge in [-0.15, -0.1) is 0 Å². The van der Waals surface area contributed by atoms with Gasteiger partial charge in [0.2, 0.25) is 0 Å². The zero-order valence-corrected chi connectivity index (χ0v) is 13.5. The van der Waals surface area contributed by atoms with E-state index >= 15 is 0 Å². The van der Waals surface area contributed by atoms with Gasteiger partial charge in [0, 0.05) is 34.7 Å². The number of nitrogens with one attached hydrogen (secondary N) is 1. The number of benzene rings is 2. The van der Waals surface area contributed by atoms with Gasteiger partial charge in [0.05, 0.1) is 0 Å². The molecule has 3 heteroatoms. The molecule has 0 saturated carbocycles. The number of rotatable bonds is 2. The van der Waals surface area contributed by atoms with Gasteiger partial charge in [-0.3, -0.25) is 0 Å². The summed E-state index contributed by atoms with van der Waals surface area (Å²) in [6.45, 7) is 5.63. The minimum Gasteiger partial charge on any atom is -0.369 e. The van der Waals surface area contributed by atoms with Crippen LogP contribution in [0.15, 0.2) is 40.9 Å². The Hall–Kier alpha value is -1.06. The second-order valence-electron chi connectivity index (χ2n) is 5.47.